The standard InChI is InChI=1S/C13H12BrClN2S/c1-8-9(2)16-12(17-13(8)15)7-18-11-6-4-3-5-10(11)14/h3-6H,7H2,1-2H3. The Morgan fingerprint density at radius 3 is 2.61 bits per heavy atom. The van der Waals surface area contributed by atoms with Crippen molar-refractivity contribution in [2.24, 2.45) is 0 Å². The summed E-state index contributed by atoms with van der Waals surface area (Å²) in [5.74, 6) is 1.48. The molecule has 0 unspecified atom stereocenters. The molecule has 0 N–H and O–H groups in total. The molecule has 0 aliphatic carbocycles. The van der Waals surface area contributed by atoms with Crippen molar-refractivity contribution in [3.63, 3.8) is 0 Å². The average Bonchev–Trinajstić information content (AvgIpc) is 2.35. The lowest BCUT2D eigenvalue weighted by atomic mass is 10.3. The van der Waals surface area contributed by atoms with E-state index in [1.807, 2.05) is 32.0 Å². The predicted octanol–water partition coefficient (Wildman–Crippen LogP) is 4.80. The van der Waals surface area contributed by atoms with Crippen LogP contribution in [0, 0.1) is 13.8 Å². The van der Waals surface area contributed by atoms with Crippen molar-refractivity contribution in [1.82, 2.24) is 9.97 Å². The lowest BCUT2D eigenvalue weighted by Crippen LogP contribution is -1.99. The molecule has 1 heterocycles. The Bertz CT molecular complexity index is 552. The Labute approximate surface area is 124 Å². The summed E-state index contributed by atoms with van der Waals surface area (Å²) in [5, 5.41) is 0.547. The fourth-order valence-electron chi connectivity index (χ4n) is 1.42. The number of benzene rings is 1. The largest absolute Gasteiger partial charge is 0.237 e. The molecular weight excluding hydrogens is 332 g/mol. The molecule has 0 spiro atoms. The summed E-state index contributed by atoms with van der Waals surface area (Å²) in [5.41, 5.74) is 1.89. The smallest absolute Gasteiger partial charge is 0.140 e. The van der Waals surface area contributed by atoms with Crippen molar-refractivity contribution < 1.29 is 0 Å². The highest BCUT2D eigenvalue weighted by Crippen LogP contribution is 2.29. The third-order valence-corrected chi connectivity index (χ3v) is 4.96. The first-order chi connectivity index (χ1) is 8.58. The SMILES string of the molecule is Cc1nc(CSc2ccccc2Br)nc(Cl)c1C. The molecule has 0 saturated heterocycles. The second-order valence-corrected chi connectivity index (χ2v) is 6.09. The van der Waals surface area contributed by atoms with Crippen LogP contribution in [-0.4, -0.2) is 9.97 Å². The zero-order chi connectivity index (χ0) is 13.1. The summed E-state index contributed by atoms with van der Waals surface area (Å²) in [6.07, 6.45) is 0. The topological polar surface area (TPSA) is 25.8 Å². The molecule has 0 bridgehead atoms. The Kier molecular flexibility index (Phi) is 4.65. The van der Waals surface area contributed by atoms with E-state index in [0.717, 1.165) is 21.6 Å². The number of halogens is 2. The summed E-state index contributed by atoms with van der Waals surface area (Å²) in [6.45, 7) is 3.89. The summed E-state index contributed by atoms with van der Waals surface area (Å²) in [4.78, 5) is 9.92. The lowest BCUT2D eigenvalue weighted by molar-refractivity contribution is 0.973. The number of rotatable bonds is 3. The predicted molar refractivity (Wildman–Crippen MR) is 80.2 cm³/mol. The van der Waals surface area contributed by atoms with E-state index in [4.69, 9.17) is 11.6 Å². The van der Waals surface area contributed by atoms with Crippen molar-refractivity contribution in [2.75, 3.05) is 0 Å². The maximum absolute atomic E-state index is 6.06. The zero-order valence-corrected chi connectivity index (χ0v) is 13.2. The van der Waals surface area contributed by atoms with Gasteiger partial charge in [0.2, 0.25) is 0 Å². The van der Waals surface area contributed by atoms with Crippen molar-refractivity contribution in [2.45, 2.75) is 24.5 Å². The number of aryl methyl sites for hydroxylation is 1. The fourth-order valence-corrected chi connectivity index (χ4v) is 3.07. The van der Waals surface area contributed by atoms with Gasteiger partial charge in [0, 0.05) is 20.6 Å². The summed E-state index contributed by atoms with van der Waals surface area (Å²) in [7, 11) is 0. The normalized spacial score (nSPS) is 10.7. The van der Waals surface area contributed by atoms with Crippen LogP contribution in [0.3, 0.4) is 0 Å². The van der Waals surface area contributed by atoms with Crippen LogP contribution in [0.2, 0.25) is 5.15 Å². The number of hydrogen-bond donors (Lipinski definition) is 0. The van der Waals surface area contributed by atoms with Crippen molar-refractivity contribution in [3.8, 4) is 0 Å². The third-order valence-electron chi connectivity index (χ3n) is 2.57. The minimum absolute atomic E-state index is 0.547. The maximum atomic E-state index is 6.06. The molecule has 0 amide bonds. The van der Waals surface area contributed by atoms with Gasteiger partial charge >= 0.3 is 0 Å². The Balaban J connectivity index is 2.14. The average molecular weight is 344 g/mol. The highest BCUT2D eigenvalue weighted by atomic mass is 79.9. The Morgan fingerprint density at radius 2 is 1.94 bits per heavy atom. The Morgan fingerprint density at radius 1 is 1.22 bits per heavy atom. The second-order valence-electron chi connectivity index (χ2n) is 3.86. The molecule has 0 aliphatic rings. The summed E-state index contributed by atoms with van der Waals surface area (Å²) < 4.78 is 1.09. The van der Waals surface area contributed by atoms with E-state index >= 15 is 0 Å². The fraction of sp³-hybridized carbons (Fsp3) is 0.231. The van der Waals surface area contributed by atoms with E-state index in [9.17, 15) is 0 Å². The van der Waals surface area contributed by atoms with Gasteiger partial charge in [-0.3, -0.25) is 0 Å². The van der Waals surface area contributed by atoms with E-state index in [-0.39, 0.29) is 0 Å². The van der Waals surface area contributed by atoms with Gasteiger partial charge in [0.05, 0.1) is 5.75 Å². The van der Waals surface area contributed by atoms with Crippen LogP contribution in [0.25, 0.3) is 0 Å². The van der Waals surface area contributed by atoms with Crippen LogP contribution < -0.4 is 0 Å². The van der Waals surface area contributed by atoms with E-state index < -0.39 is 0 Å². The van der Waals surface area contributed by atoms with Crippen molar-refractivity contribution in [1.29, 1.82) is 0 Å². The first kappa shape index (κ1) is 13.8. The molecule has 2 nitrogen and oxygen atoms in total. The summed E-state index contributed by atoms with van der Waals surface area (Å²) >= 11 is 11.3. The molecule has 18 heavy (non-hydrogen) atoms. The van der Waals surface area contributed by atoms with Crippen LogP contribution in [-0.2, 0) is 5.75 Å². The van der Waals surface area contributed by atoms with Gasteiger partial charge in [0.25, 0.3) is 0 Å². The molecule has 0 radical (unpaired) electrons. The van der Waals surface area contributed by atoms with Crippen LogP contribution in [0.4, 0.5) is 0 Å². The number of hydrogen-bond acceptors (Lipinski definition) is 3. The molecule has 2 aromatic rings. The molecule has 2 rings (SSSR count). The second kappa shape index (κ2) is 6.04. The number of aromatic nitrogens is 2. The zero-order valence-electron chi connectivity index (χ0n) is 10.1. The van der Waals surface area contributed by atoms with Gasteiger partial charge < -0.3 is 0 Å². The quantitative estimate of drug-likeness (QED) is 0.591. The van der Waals surface area contributed by atoms with Crippen LogP contribution in [0.5, 0.6) is 0 Å². The van der Waals surface area contributed by atoms with E-state index in [1.165, 1.54) is 4.90 Å². The Hall–Kier alpha value is -0.580. The van der Waals surface area contributed by atoms with E-state index in [2.05, 4.69) is 32.0 Å². The molecule has 94 valence electrons. The molecular formula is C13H12BrClN2S. The highest BCUT2D eigenvalue weighted by Gasteiger charge is 2.07. The molecule has 5 heteroatoms. The molecule has 1 aromatic carbocycles. The highest BCUT2D eigenvalue weighted by molar-refractivity contribution is 9.10. The molecule has 0 aliphatic heterocycles. The minimum atomic E-state index is 0.547. The molecule has 0 saturated carbocycles. The molecule has 0 fully saturated rings. The number of thioether (sulfide) groups is 1. The monoisotopic (exact) mass is 342 g/mol. The first-order valence-electron chi connectivity index (χ1n) is 5.45. The van der Waals surface area contributed by atoms with Crippen molar-refractivity contribution in [3.05, 3.63) is 51.0 Å². The van der Waals surface area contributed by atoms with Crippen LogP contribution >= 0.6 is 39.3 Å². The van der Waals surface area contributed by atoms with Crippen molar-refractivity contribution >= 4 is 39.3 Å². The van der Waals surface area contributed by atoms with Gasteiger partial charge in [-0.15, -0.1) is 11.8 Å². The number of nitrogens with zero attached hydrogens (tertiary/aromatic N) is 2. The van der Waals surface area contributed by atoms with Gasteiger partial charge in [-0.25, -0.2) is 9.97 Å². The lowest BCUT2D eigenvalue weighted by Gasteiger charge is -2.06. The molecule has 1 aromatic heterocycles. The maximum Gasteiger partial charge on any atom is 0.140 e. The van der Waals surface area contributed by atoms with Gasteiger partial charge in [-0.05, 0) is 41.9 Å². The van der Waals surface area contributed by atoms with Gasteiger partial charge in [0.1, 0.15) is 11.0 Å². The van der Waals surface area contributed by atoms with Crippen LogP contribution in [0.15, 0.2) is 33.6 Å². The third kappa shape index (κ3) is 3.25. The first-order valence-corrected chi connectivity index (χ1v) is 7.60. The van der Waals surface area contributed by atoms with Gasteiger partial charge in [-0.2, -0.15) is 0 Å². The summed E-state index contributed by atoms with van der Waals surface area (Å²) in [6, 6.07) is 8.10. The van der Waals surface area contributed by atoms with Gasteiger partial charge in [-0.1, -0.05) is 23.7 Å². The minimum Gasteiger partial charge on any atom is -0.237 e. The van der Waals surface area contributed by atoms with Crippen LogP contribution in [0.1, 0.15) is 17.1 Å². The van der Waals surface area contributed by atoms with E-state index in [0.29, 0.717) is 10.9 Å². The molecule has 0 atom stereocenters. The van der Waals surface area contributed by atoms with E-state index in [1.54, 1.807) is 11.8 Å². The van der Waals surface area contributed by atoms with Gasteiger partial charge in [0.15, 0.2) is 0 Å².